The number of nitrogens with two attached hydrogens (primary N) is 2. The summed E-state index contributed by atoms with van der Waals surface area (Å²) in [6.07, 6.45) is 1.89. The Morgan fingerprint density at radius 2 is 1.19 bits per heavy atom. The Balaban J connectivity index is 2.12. The molecule has 0 radical (unpaired) electrons. The van der Waals surface area contributed by atoms with Gasteiger partial charge in [0.05, 0.1) is 0 Å². The molecule has 21 heavy (non-hydrogen) atoms. The van der Waals surface area contributed by atoms with Crippen molar-refractivity contribution in [2.45, 2.75) is 32.1 Å². The van der Waals surface area contributed by atoms with E-state index in [2.05, 4.69) is 50.2 Å². The molecule has 0 fully saturated rings. The summed E-state index contributed by atoms with van der Waals surface area (Å²) in [5.74, 6) is 0. The average molecular weight is 280 g/mol. The van der Waals surface area contributed by atoms with Crippen LogP contribution in [-0.2, 0) is 18.3 Å². The van der Waals surface area contributed by atoms with Crippen LogP contribution in [0.4, 0.5) is 0 Å². The normalized spacial score (nSPS) is 14.9. The predicted octanol–water partition coefficient (Wildman–Crippen LogP) is 3.00. The third-order valence-electron chi connectivity index (χ3n) is 4.67. The molecule has 0 amide bonds. The third kappa shape index (κ3) is 2.29. The highest BCUT2D eigenvalue weighted by Crippen LogP contribution is 2.49. The van der Waals surface area contributed by atoms with Crippen LogP contribution in [0.25, 0.3) is 11.1 Å². The molecule has 0 unspecified atom stereocenters. The van der Waals surface area contributed by atoms with Crippen molar-refractivity contribution in [2.75, 3.05) is 13.1 Å². The molecule has 2 heteroatoms. The van der Waals surface area contributed by atoms with Crippen LogP contribution in [0.1, 0.15) is 36.1 Å². The molecular formula is C19H24N2. The fourth-order valence-corrected chi connectivity index (χ4v) is 3.48. The van der Waals surface area contributed by atoms with Crippen molar-refractivity contribution < 1.29 is 0 Å². The van der Waals surface area contributed by atoms with E-state index in [1.165, 1.54) is 33.4 Å². The van der Waals surface area contributed by atoms with E-state index in [4.69, 9.17) is 11.5 Å². The quantitative estimate of drug-likeness (QED) is 0.904. The van der Waals surface area contributed by atoms with Crippen LogP contribution < -0.4 is 11.5 Å². The first-order chi connectivity index (χ1) is 10.1. The van der Waals surface area contributed by atoms with Gasteiger partial charge in [-0.2, -0.15) is 0 Å². The molecular weight excluding hydrogens is 256 g/mol. The van der Waals surface area contributed by atoms with Gasteiger partial charge in [-0.05, 0) is 59.3 Å². The van der Waals surface area contributed by atoms with Crippen molar-refractivity contribution in [1.29, 1.82) is 0 Å². The molecule has 1 aliphatic rings. The van der Waals surface area contributed by atoms with Gasteiger partial charge in [0.25, 0.3) is 0 Å². The molecule has 0 saturated heterocycles. The Hall–Kier alpha value is -1.64. The maximum absolute atomic E-state index is 5.70. The monoisotopic (exact) mass is 280 g/mol. The molecule has 0 heterocycles. The Morgan fingerprint density at radius 1 is 0.762 bits per heavy atom. The second-order valence-electron chi connectivity index (χ2n) is 6.46. The van der Waals surface area contributed by atoms with Crippen LogP contribution in [0, 0.1) is 0 Å². The van der Waals surface area contributed by atoms with Crippen molar-refractivity contribution in [3.05, 3.63) is 58.7 Å². The highest BCUT2D eigenvalue weighted by molar-refractivity contribution is 5.81. The molecule has 0 bridgehead atoms. The summed E-state index contributed by atoms with van der Waals surface area (Å²) in [5.41, 5.74) is 19.7. The standard InChI is InChI=1S/C19H24N2/c1-19(2)17-11-13(7-9-20)3-5-15(17)16-6-4-14(8-10-21)12-18(16)19/h3-6,11-12H,7-10,20-21H2,1-2H3. The van der Waals surface area contributed by atoms with E-state index in [0.29, 0.717) is 13.1 Å². The summed E-state index contributed by atoms with van der Waals surface area (Å²) in [7, 11) is 0. The second kappa shape index (κ2) is 5.28. The molecule has 0 aromatic heterocycles. The number of fused-ring (bicyclic) bond motifs is 3. The van der Waals surface area contributed by atoms with Gasteiger partial charge >= 0.3 is 0 Å². The van der Waals surface area contributed by atoms with Crippen LogP contribution in [0.5, 0.6) is 0 Å². The first-order valence-corrected chi connectivity index (χ1v) is 7.75. The molecule has 0 spiro atoms. The van der Waals surface area contributed by atoms with Gasteiger partial charge in [-0.15, -0.1) is 0 Å². The van der Waals surface area contributed by atoms with Crippen molar-refractivity contribution in [3.63, 3.8) is 0 Å². The summed E-state index contributed by atoms with van der Waals surface area (Å²) in [4.78, 5) is 0. The Labute approximate surface area is 127 Å². The van der Waals surface area contributed by atoms with Crippen LogP contribution in [0.2, 0.25) is 0 Å². The Morgan fingerprint density at radius 3 is 1.57 bits per heavy atom. The molecule has 4 N–H and O–H groups in total. The lowest BCUT2D eigenvalue weighted by Crippen LogP contribution is -2.16. The van der Waals surface area contributed by atoms with E-state index in [9.17, 15) is 0 Å². The first kappa shape index (κ1) is 14.3. The van der Waals surface area contributed by atoms with E-state index >= 15 is 0 Å². The molecule has 110 valence electrons. The van der Waals surface area contributed by atoms with Gasteiger partial charge in [0.1, 0.15) is 0 Å². The number of rotatable bonds is 4. The largest absolute Gasteiger partial charge is 0.330 e. The molecule has 2 aromatic carbocycles. The summed E-state index contributed by atoms with van der Waals surface area (Å²) in [6, 6.07) is 13.6. The van der Waals surface area contributed by atoms with Gasteiger partial charge in [-0.1, -0.05) is 50.2 Å². The van der Waals surface area contributed by atoms with E-state index in [1.807, 2.05) is 0 Å². The number of hydrogen-bond donors (Lipinski definition) is 2. The van der Waals surface area contributed by atoms with Crippen LogP contribution >= 0.6 is 0 Å². The minimum absolute atomic E-state index is 0.0554. The van der Waals surface area contributed by atoms with Gasteiger partial charge in [0.15, 0.2) is 0 Å². The lowest BCUT2D eigenvalue weighted by Gasteiger charge is -2.22. The topological polar surface area (TPSA) is 52.0 Å². The minimum atomic E-state index is 0.0554. The molecule has 0 saturated carbocycles. The van der Waals surface area contributed by atoms with Gasteiger partial charge in [-0.3, -0.25) is 0 Å². The Bertz CT molecular complexity index is 614. The van der Waals surface area contributed by atoms with Crippen LogP contribution in [0.15, 0.2) is 36.4 Å². The predicted molar refractivity (Wildman–Crippen MR) is 89.5 cm³/mol. The summed E-state index contributed by atoms with van der Waals surface area (Å²) in [5, 5.41) is 0. The fraction of sp³-hybridized carbons (Fsp3) is 0.368. The van der Waals surface area contributed by atoms with Gasteiger partial charge in [0, 0.05) is 5.41 Å². The van der Waals surface area contributed by atoms with Gasteiger partial charge in [0.2, 0.25) is 0 Å². The zero-order chi connectivity index (χ0) is 15.0. The highest BCUT2D eigenvalue weighted by Gasteiger charge is 2.35. The van der Waals surface area contributed by atoms with Crippen LogP contribution in [-0.4, -0.2) is 13.1 Å². The molecule has 1 aliphatic carbocycles. The summed E-state index contributed by atoms with van der Waals surface area (Å²) >= 11 is 0. The maximum Gasteiger partial charge on any atom is 0.0159 e. The van der Waals surface area contributed by atoms with E-state index in [-0.39, 0.29) is 5.41 Å². The molecule has 2 aromatic rings. The smallest absolute Gasteiger partial charge is 0.0159 e. The lowest BCUT2D eigenvalue weighted by atomic mass is 9.81. The number of hydrogen-bond acceptors (Lipinski definition) is 2. The van der Waals surface area contributed by atoms with E-state index in [1.54, 1.807) is 0 Å². The molecule has 3 rings (SSSR count). The first-order valence-electron chi connectivity index (χ1n) is 7.75. The zero-order valence-electron chi connectivity index (χ0n) is 12.9. The fourth-order valence-electron chi connectivity index (χ4n) is 3.48. The van der Waals surface area contributed by atoms with E-state index in [0.717, 1.165) is 12.8 Å². The molecule has 0 atom stereocenters. The zero-order valence-corrected chi connectivity index (χ0v) is 12.9. The summed E-state index contributed by atoms with van der Waals surface area (Å²) in [6.45, 7) is 6.03. The second-order valence-corrected chi connectivity index (χ2v) is 6.46. The molecule has 0 aliphatic heterocycles. The Kier molecular flexibility index (Phi) is 3.60. The SMILES string of the molecule is CC1(C)c2cc(CCN)ccc2-c2ccc(CCN)cc21. The highest BCUT2D eigenvalue weighted by atomic mass is 14.5. The van der Waals surface area contributed by atoms with Gasteiger partial charge in [-0.25, -0.2) is 0 Å². The summed E-state index contributed by atoms with van der Waals surface area (Å²) < 4.78 is 0. The van der Waals surface area contributed by atoms with Crippen molar-refractivity contribution in [1.82, 2.24) is 0 Å². The van der Waals surface area contributed by atoms with Crippen molar-refractivity contribution >= 4 is 0 Å². The maximum atomic E-state index is 5.70. The lowest BCUT2D eigenvalue weighted by molar-refractivity contribution is 0.657. The van der Waals surface area contributed by atoms with Crippen molar-refractivity contribution in [2.24, 2.45) is 11.5 Å². The van der Waals surface area contributed by atoms with Gasteiger partial charge < -0.3 is 11.5 Å². The third-order valence-corrected chi connectivity index (χ3v) is 4.67. The molecule has 2 nitrogen and oxygen atoms in total. The average Bonchev–Trinajstić information content (AvgIpc) is 2.68. The van der Waals surface area contributed by atoms with Crippen molar-refractivity contribution in [3.8, 4) is 11.1 Å². The number of benzene rings is 2. The van der Waals surface area contributed by atoms with Crippen LogP contribution in [0.3, 0.4) is 0 Å². The van der Waals surface area contributed by atoms with E-state index < -0.39 is 0 Å². The minimum Gasteiger partial charge on any atom is -0.330 e.